The van der Waals surface area contributed by atoms with Crippen LogP contribution in [0.3, 0.4) is 0 Å². The van der Waals surface area contributed by atoms with Crippen molar-refractivity contribution in [2.45, 2.75) is 64.5 Å². The van der Waals surface area contributed by atoms with Gasteiger partial charge in [0.1, 0.15) is 11.9 Å². The monoisotopic (exact) mass is 561 g/mol. The molecule has 1 saturated heterocycles. The van der Waals surface area contributed by atoms with Gasteiger partial charge in [0.2, 0.25) is 0 Å². The van der Waals surface area contributed by atoms with Gasteiger partial charge in [-0.3, -0.25) is 4.79 Å². The van der Waals surface area contributed by atoms with Crippen LogP contribution in [0.4, 0.5) is 5.69 Å². The average Bonchev–Trinajstić information content (AvgIpc) is 3.82. The Morgan fingerprint density at radius 1 is 0.875 bits per heavy atom. The molecule has 1 saturated carbocycles. The van der Waals surface area contributed by atoms with Crippen molar-refractivity contribution in [3.63, 3.8) is 0 Å². The first-order valence-electron chi connectivity index (χ1n) is 14.5. The third-order valence-electron chi connectivity index (χ3n) is 7.71. The molecule has 0 radical (unpaired) electrons. The lowest BCUT2D eigenvalue weighted by atomic mass is 9.94. The van der Waals surface area contributed by atoms with Crippen molar-refractivity contribution in [1.82, 2.24) is 0 Å². The number of carbonyl (C=O) groups is 1. The Morgan fingerprint density at radius 2 is 1.62 bits per heavy atom. The lowest BCUT2D eigenvalue weighted by molar-refractivity contribution is -0.144. The van der Waals surface area contributed by atoms with Crippen molar-refractivity contribution in [3.8, 4) is 16.9 Å². The van der Waals surface area contributed by atoms with Gasteiger partial charge in [0.25, 0.3) is 0 Å². The van der Waals surface area contributed by atoms with E-state index in [1.807, 2.05) is 31.2 Å². The smallest absolute Gasteiger partial charge is 0.308 e. The van der Waals surface area contributed by atoms with Gasteiger partial charge in [-0.1, -0.05) is 36.4 Å². The molecule has 7 heteroatoms. The molecular weight excluding hydrogens is 522 g/mol. The highest BCUT2D eigenvalue weighted by Crippen LogP contribution is 2.36. The fourth-order valence-electron chi connectivity index (χ4n) is 5.30. The molecule has 0 unspecified atom stereocenters. The number of benzene rings is 3. The lowest BCUT2D eigenvalue weighted by Gasteiger charge is -2.24. The minimum absolute atomic E-state index is 0.00694. The number of rotatable bonds is 7. The Bertz CT molecular complexity index is 1400. The van der Waals surface area contributed by atoms with E-state index in [0.29, 0.717) is 19.4 Å². The number of esters is 1. The number of fused-ring (bicyclic) bond motifs is 3. The fraction of sp³-hybridized carbons (Fsp3) is 0.424. The van der Waals surface area contributed by atoms with E-state index in [2.05, 4.69) is 47.8 Å². The molecule has 40 heavy (non-hydrogen) atoms. The van der Waals surface area contributed by atoms with Gasteiger partial charge in [0.05, 0.1) is 24.0 Å². The van der Waals surface area contributed by atoms with E-state index in [0.717, 1.165) is 50.1 Å². The second-order valence-corrected chi connectivity index (χ2v) is 13.2. The van der Waals surface area contributed by atoms with Crippen molar-refractivity contribution in [2.75, 3.05) is 23.4 Å². The standard InChI is InChI=1S/C27H29NO3S.C6H10O2/c29-32(30)15-13-24(14-16-32)31-25-11-12-26-22(18-25)6-4-5-21-10-9-20(17-27(21)26)19-28-23-7-2-1-3-8-23;1-2-8-6(7)5-3-4-5/h1-3,7-12,17-18,24,28H,4-6,13-16,19H2;5H,2-4H2,1H3. The predicted octanol–water partition coefficient (Wildman–Crippen LogP) is 6.37. The van der Waals surface area contributed by atoms with Crippen molar-refractivity contribution in [1.29, 1.82) is 0 Å². The maximum atomic E-state index is 11.7. The van der Waals surface area contributed by atoms with Crippen molar-refractivity contribution >= 4 is 21.5 Å². The topological polar surface area (TPSA) is 81.7 Å². The number of aryl methyl sites for hydroxylation is 2. The highest BCUT2D eigenvalue weighted by molar-refractivity contribution is 7.91. The molecule has 3 aromatic rings. The molecule has 0 atom stereocenters. The minimum Gasteiger partial charge on any atom is -0.490 e. The first kappa shape index (κ1) is 28.2. The van der Waals surface area contributed by atoms with E-state index < -0.39 is 9.84 Å². The summed E-state index contributed by atoms with van der Waals surface area (Å²) in [4.78, 5) is 10.6. The summed E-state index contributed by atoms with van der Waals surface area (Å²) < 4.78 is 34.3. The fourth-order valence-corrected chi connectivity index (χ4v) is 6.75. The molecule has 3 aliphatic rings. The van der Waals surface area contributed by atoms with Gasteiger partial charge in [-0.25, -0.2) is 8.42 Å². The van der Waals surface area contributed by atoms with E-state index >= 15 is 0 Å². The number of anilines is 1. The van der Waals surface area contributed by atoms with Crippen molar-refractivity contribution < 1.29 is 22.7 Å². The zero-order chi connectivity index (χ0) is 28.0. The molecule has 0 aromatic heterocycles. The highest BCUT2D eigenvalue weighted by atomic mass is 32.2. The van der Waals surface area contributed by atoms with Crippen molar-refractivity contribution in [3.05, 3.63) is 83.4 Å². The molecule has 2 aliphatic carbocycles. The summed E-state index contributed by atoms with van der Waals surface area (Å²) in [7, 11) is -2.87. The molecule has 6 rings (SSSR count). The maximum Gasteiger partial charge on any atom is 0.308 e. The van der Waals surface area contributed by atoms with E-state index in [1.165, 1.54) is 27.8 Å². The van der Waals surface area contributed by atoms with E-state index in [4.69, 9.17) is 9.47 Å². The van der Waals surface area contributed by atoms with E-state index in [9.17, 15) is 13.2 Å². The first-order valence-corrected chi connectivity index (χ1v) is 16.3. The van der Waals surface area contributed by atoms with Crippen LogP contribution in [0, 0.1) is 5.92 Å². The largest absolute Gasteiger partial charge is 0.490 e. The highest BCUT2D eigenvalue weighted by Gasteiger charge is 2.30. The van der Waals surface area contributed by atoms with Gasteiger partial charge in [0, 0.05) is 12.2 Å². The summed E-state index contributed by atoms with van der Waals surface area (Å²) in [5.41, 5.74) is 7.72. The number of para-hydroxylation sites is 1. The number of hydrogen-bond donors (Lipinski definition) is 1. The summed E-state index contributed by atoms with van der Waals surface area (Å²) in [5.74, 6) is 1.58. The third kappa shape index (κ3) is 7.66. The van der Waals surface area contributed by atoms with Gasteiger partial charge in [-0.15, -0.1) is 0 Å². The molecule has 6 nitrogen and oxygen atoms in total. The lowest BCUT2D eigenvalue weighted by Crippen LogP contribution is -2.30. The molecule has 1 N–H and O–H groups in total. The Kier molecular flexibility index (Phi) is 9.10. The van der Waals surface area contributed by atoms with E-state index in [-0.39, 0.29) is 29.5 Å². The minimum atomic E-state index is -2.87. The zero-order valence-corrected chi connectivity index (χ0v) is 24.0. The Labute approximate surface area is 238 Å². The van der Waals surface area contributed by atoms with Crippen LogP contribution in [0.25, 0.3) is 11.1 Å². The molecule has 2 fully saturated rings. The zero-order valence-electron chi connectivity index (χ0n) is 23.2. The summed E-state index contributed by atoms with van der Waals surface area (Å²) in [6.45, 7) is 3.15. The number of ether oxygens (including phenoxy) is 2. The van der Waals surface area contributed by atoms with Gasteiger partial charge in [-0.05, 0) is 110 Å². The molecule has 0 bridgehead atoms. The second-order valence-electron chi connectivity index (χ2n) is 10.9. The van der Waals surface area contributed by atoms with Crippen LogP contribution in [0.2, 0.25) is 0 Å². The first-order chi connectivity index (χ1) is 19.4. The summed E-state index contributed by atoms with van der Waals surface area (Å²) >= 11 is 0. The van der Waals surface area contributed by atoms with Crippen LogP contribution in [0.5, 0.6) is 5.75 Å². The molecular formula is C33H39NO5S. The SMILES string of the molecule is CCOC(=O)C1CC1.O=S1(=O)CCC(Oc2ccc3c(c2)CCCc2ccc(CNc4ccccc4)cc2-3)CC1. The number of carbonyl (C=O) groups excluding carboxylic acids is 1. The average molecular weight is 562 g/mol. The van der Waals surface area contributed by atoms with Crippen LogP contribution in [-0.2, 0) is 38.8 Å². The second kappa shape index (κ2) is 12.9. The van der Waals surface area contributed by atoms with Gasteiger partial charge in [0.15, 0.2) is 9.84 Å². The Hall–Kier alpha value is -3.32. The van der Waals surface area contributed by atoms with Crippen LogP contribution in [0.1, 0.15) is 55.7 Å². The third-order valence-corrected chi connectivity index (χ3v) is 9.42. The van der Waals surface area contributed by atoms with Crippen LogP contribution in [0.15, 0.2) is 66.7 Å². The van der Waals surface area contributed by atoms with Gasteiger partial charge < -0.3 is 14.8 Å². The summed E-state index contributed by atoms with van der Waals surface area (Å²) in [6, 6.07) is 23.5. The molecule has 1 aliphatic heterocycles. The van der Waals surface area contributed by atoms with E-state index in [1.54, 1.807) is 0 Å². The molecule has 0 spiro atoms. The number of hydrogen-bond acceptors (Lipinski definition) is 6. The van der Waals surface area contributed by atoms with Crippen LogP contribution in [-0.4, -0.2) is 38.6 Å². The van der Waals surface area contributed by atoms with Crippen molar-refractivity contribution in [2.24, 2.45) is 5.92 Å². The van der Waals surface area contributed by atoms with Gasteiger partial charge >= 0.3 is 5.97 Å². The summed E-state index contributed by atoms with van der Waals surface area (Å²) in [5, 5.41) is 3.50. The Balaban J connectivity index is 0.000000348. The van der Waals surface area contributed by atoms with Crippen LogP contribution >= 0.6 is 0 Å². The Morgan fingerprint density at radius 3 is 2.35 bits per heavy atom. The quantitative estimate of drug-likeness (QED) is 0.338. The molecule has 212 valence electrons. The number of sulfone groups is 1. The normalized spacial score (nSPS) is 17.7. The van der Waals surface area contributed by atoms with Gasteiger partial charge in [-0.2, -0.15) is 0 Å². The molecule has 3 aromatic carbocycles. The number of nitrogens with one attached hydrogen (secondary N) is 1. The molecule has 1 heterocycles. The predicted molar refractivity (Wildman–Crippen MR) is 159 cm³/mol. The summed E-state index contributed by atoms with van der Waals surface area (Å²) in [6.07, 6.45) is 6.46. The van der Waals surface area contributed by atoms with Crippen LogP contribution < -0.4 is 10.1 Å². The maximum absolute atomic E-state index is 11.7. The molecule has 0 amide bonds.